The number of para-hydroxylation sites is 2. The van der Waals surface area contributed by atoms with Crippen LogP contribution in [0, 0.1) is 5.82 Å². The molecule has 1 heterocycles. The highest BCUT2D eigenvalue weighted by molar-refractivity contribution is 6.02. The lowest BCUT2D eigenvalue weighted by molar-refractivity contribution is -0.125. The lowest BCUT2D eigenvalue weighted by Gasteiger charge is -2.28. The van der Waals surface area contributed by atoms with Gasteiger partial charge in [-0.15, -0.1) is 0 Å². The van der Waals surface area contributed by atoms with Gasteiger partial charge in [0.25, 0.3) is 5.91 Å². The first-order valence-electron chi connectivity index (χ1n) is 7.17. The number of nitrogens with one attached hydrogen (secondary N) is 1. The quantitative estimate of drug-likeness (QED) is 0.937. The van der Waals surface area contributed by atoms with Crippen molar-refractivity contribution in [2.45, 2.75) is 6.54 Å². The van der Waals surface area contributed by atoms with Gasteiger partial charge in [0.05, 0.1) is 5.69 Å². The van der Waals surface area contributed by atoms with Gasteiger partial charge < -0.3 is 10.1 Å². The summed E-state index contributed by atoms with van der Waals surface area (Å²) in [6.07, 6.45) is 0. The number of hydrogen-bond donors (Lipinski definition) is 1. The second-order valence-corrected chi connectivity index (χ2v) is 5.10. The molecule has 0 saturated heterocycles. The molecule has 1 aliphatic rings. The number of carbonyl (C=O) groups excluding carboxylic acids is 2. The van der Waals surface area contributed by atoms with E-state index in [0.29, 0.717) is 17.0 Å². The molecule has 0 saturated carbocycles. The Bertz CT molecular complexity index is 748. The summed E-state index contributed by atoms with van der Waals surface area (Å²) >= 11 is 0. The standard InChI is InChI=1S/C17H15FN2O3/c18-13-6-2-1-5-12(13)9-19-16(21)10-20-14-7-3-4-8-15(14)23-11-17(20)22/h1-8H,9-11H2,(H,19,21). The maximum atomic E-state index is 13.5. The van der Waals surface area contributed by atoms with Crippen LogP contribution >= 0.6 is 0 Å². The zero-order valence-electron chi connectivity index (χ0n) is 12.3. The molecule has 1 N–H and O–H groups in total. The maximum absolute atomic E-state index is 13.5. The molecule has 0 radical (unpaired) electrons. The van der Waals surface area contributed by atoms with Crippen molar-refractivity contribution in [2.75, 3.05) is 18.1 Å². The molecule has 5 nitrogen and oxygen atoms in total. The summed E-state index contributed by atoms with van der Waals surface area (Å²) < 4.78 is 18.8. The van der Waals surface area contributed by atoms with Gasteiger partial charge in [-0.1, -0.05) is 30.3 Å². The Balaban J connectivity index is 1.66. The van der Waals surface area contributed by atoms with Crippen molar-refractivity contribution in [1.82, 2.24) is 5.32 Å². The SMILES string of the molecule is O=C(CN1C(=O)COc2ccccc21)NCc1ccccc1F. The van der Waals surface area contributed by atoms with Crippen LogP contribution in [0.25, 0.3) is 0 Å². The molecule has 2 aromatic carbocycles. The van der Waals surface area contributed by atoms with E-state index in [-0.39, 0.29) is 37.3 Å². The monoisotopic (exact) mass is 314 g/mol. The van der Waals surface area contributed by atoms with Crippen molar-refractivity contribution in [2.24, 2.45) is 0 Å². The van der Waals surface area contributed by atoms with Crippen LogP contribution in [-0.2, 0) is 16.1 Å². The summed E-state index contributed by atoms with van der Waals surface area (Å²) in [5.74, 6) is -0.461. The van der Waals surface area contributed by atoms with E-state index < -0.39 is 0 Å². The molecule has 0 fully saturated rings. The Morgan fingerprint density at radius 3 is 2.74 bits per heavy atom. The molecule has 1 aliphatic heterocycles. The average Bonchev–Trinajstić information content (AvgIpc) is 2.57. The van der Waals surface area contributed by atoms with E-state index in [4.69, 9.17) is 4.74 Å². The number of benzene rings is 2. The van der Waals surface area contributed by atoms with Gasteiger partial charge in [0, 0.05) is 12.1 Å². The number of halogens is 1. The molecule has 6 heteroatoms. The van der Waals surface area contributed by atoms with Crippen LogP contribution in [0.5, 0.6) is 5.75 Å². The zero-order valence-corrected chi connectivity index (χ0v) is 12.3. The summed E-state index contributed by atoms with van der Waals surface area (Å²) in [6.45, 7) is -0.156. The molecule has 0 unspecified atom stereocenters. The lowest BCUT2D eigenvalue weighted by atomic mass is 10.2. The number of rotatable bonds is 4. The molecular formula is C17H15FN2O3. The summed E-state index contributed by atoms with van der Waals surface area (Å²) in [5, 5.41) is 2.62. The number of carbonyl (C=O) groups is 2. The van der Waals surface area contributed by atoms with Gasteiger partial charge in [-0.2, -0.15) is 0 Å². The van der Waals surface area contributed by atoms with Crippen LogP contribution in [0.15, 0.2) is 48.5 Å². The van der Waals surface area contributed by atoms with Gasteiger partial charge >= 0.3 is 0 Å². The minimum atomic E-state index is -0.374. The van der Waals surface area contributed by atoms with Gasteiger partial charge in [-0.25, -0.2) is 4.39 Å². The van der Waals surface area contributed by atoms with Crippen LogP contribution < -0.4 is 15.0 Å². The third kappa shape index (κ3) is 3.31. The van der Waals surface area contributed by atoms with E-state index in [1.165, 1.54) is 11.0 Å². The number of hydrogen-bond acceptors (Lipinski definition) is 3. The largest absolute Gasteiger partial charge is 0.482 e. The van der Waals surface area contributed by atoms with Crippen LogP contribution in [0.2, 0.25) is 0 Å². The predicted molar refractivity (Wildman–Crippen MR) is 82.5 cm³/mol. The first kappa shape index (κ1) is 15.0. The van der Waals surface area contributed by atoms with Gasteiger partial charge in [-0.05, 0) is 18.2 Å². The van der Waals surface area contributed by atoms with Gasteiger partial charge in [-0.3, -0.25) is 14.5 Å². The smallest absolute Gasteiger partial charge is 0.265 e. The van der Waals surface area contributed by atoms with Crippen molar-refractivity contribution in [1.29, 1.82) is 0 Å². The number of anilines is 1. The van der Waals surface area contributed by atoms with Gasteiger partial charge in [0.2, 0.25) is 5.91 Å². The fourth-order valence-corrected chi connectivity index (χ4v) is 2.36. The highest BCUT2D eigenvalue weighted by atomic mass is 19.1. The van der Waals surface area contributed by atoms with E-state index in [2.05, 4.69) is 5.32 Å². The minimum Gasteiger partial charge on any atom is -0.482 e. The van der Waals surface area contributed by atoms with Crippen molar-refractivity contribution in [3.05, 3.63) is 59.9 Å². The highest BCUT2D eigenvalue weighted by Crippen LogP contribution is 2.31. The van der Waals surface area contributed by atoms with E-state index in [1.54, 1.807) is 42.5 Å². The van der Waals surface area contributed by atoms with E-state index >= 15 is 0 Å². The molecular weight excluding hydrogens is 299 g/mol. The molecule has 3 rings (SSSR count). The second-order valence-electron chi connectivity index (χ2n) is 5.10. The average molecular weight is 314 g/mol. The van der Waals surface area contributed by atoms with Gasteiger partial charge in [0.1, 0.15) is 18.1 Å². The molecule has 0 aliphatic carbocycles. The van der Waals surface area contributed by atoms with Crippen molar-refractivity contribution in [3.8, 4) is 5.75 Å². The zero-order chi connectivity index (χ0) is 16.2. The lowest BCUT2D eigenvalue weighted by Crippen LogP contribution is -2.45. The minimum absolute atomic E-state index is 0.0751. The Morgan fingerprint density at radius 2 is 1.91 bits per heavy atom. The number of nitrogens with zero attached hydrogens (tertiary/aromatic N) is 1. The Hall–Kier alpha value is -2.89. The summed E-state index contributed by atoms with van der Waals surface area (Å²) in [5.41, 5.74) is 0.958. The predicted octanol–water partition coefficient (Wildman–Crippen LogP) is 1.87. The maximum Gasteiger partial charge on any atom is 0.265 e. The van der Waals surface area contributed by atoms with Gasteiger partial charge in [0.15, 0.2) is 6.61 Å². The summed E-state index contributed by atoms with van der Waals surface area (Å²) in [7, 11) is 0. The van der Waals surface area contributed by atoms with Crippen LogP contribution in [0.3, 0.4) is 0 Å². The molecule has 118 valence electrons. The van der Waals surface area contributed by atoms with Crippen molar-refractivity contribution < 1.29 is 18.7 Å². The fourth-order valence-electron chi connectivity index (χ4n) is 2.36. The van der Waals surface area contributed by atoms with Crippen LogP contribution in [-0.4, -0.2) is 25.0 Å². The normalized spacial score (nSPS) is 13.3. The first-order valence-corrected chi connectivity index (χ1v) is 7.17. The molecule has 2 amide bonds. The first-order chi connectivity index (χ1) is 11.1. The molecule has 0 spiro atoms. The van der Waals surface area contributed by atoms with E-state index in [1.807, 2.05) is 0 Å². The van der Waals surface area contributed by atoms with Crippen molar-refractivity contribution in [3.63, 3.8) is 0 Å². The number of amides is 2. The van der Waals surface area contributed by atoms with E-state index in [9.17, 15) is 14.0 Å². The molecule has 0 aromatic heterocycles. The molecule has 0 atom stereocenters. The number of ether oxygens (including phenoxy) is 1. The summed E-state index contributed by atoms with van der Waals surface area (Å²) in [4.78, 5) is 25.4. The third-order valence-electron chi connectivity index (χ3n) is 3.54. The highest BCUT2D eigenvalue weighted by Gasteiger charge is 2.26. The second kappa shape index (κ2) is 6.48. The van der Waals surface area contributed by atoms with Crippen LogP contribution in [0.1, 0.15) is 5.56 Å². The molecule has 0 bridgehead atoms. The topological polar surface area (TPSA) is 58.6 Å². The number of fused-ring (bicyclic) bond motifs is 1. The van der Waals surface area contributed by atoms with Crippen LogP contribution in [0.4, 0.5) is 10.1 Å². The Kier molecular flexibility index (Phi) is 4.23. The molecule has 23 heavy (non-hydrogen) atoms. The third-order valence-corrected chi connectivity index (χ3v) is 3.54. The van der Waals surface area contributed by atoms with E-state index in [0.717, 1.165) is 0 Å². The molecule has 2 aromatic rings. The fraction of sp³-hybridized carbons (Fsp3) is 0.176. The summed E-state index contributed by atoms with van der Waals surface area (Å²) in [6, 6.07) is 13.3. The Labute approximate surface area is 132 Å². The Morgan fingerprint density at radius 1 is 1.17 bits per heavy atom. The van der Waals surface area contributed by atoms with Crippen molar-refractivity contribution >= 4 is 17.5 Å².